The Morgan fingerprint density at radius 2 is 2.21 bits per heavy atom. The number of fused-ring (bicyclic) bond motifs is 1. The Bertz CT molecular complexity index is 743. The van der Waals surface area contributed by atoms with Crippen LogP contribution in [0.1, 0.15) is 25.8 Å². The molecule has 2 amide bonds. The topological polar surface area (TPSA) is 65.2 Å². The van der Waals surface area contributed by atoms with Gasteiger partial charge < -0.3 is 15.2 Å². The summed E-state index contributed by atoms with van der Waals surface area (Å²) >= 11 is 1.63. The number of rotatable bonds is 5. The number of H-pyrrole nitrogens is 1. The Morgan fingerprint density at radius 1 is 1.42 bits per heavy atom. The standard InChI is InChI=1S/C18H23N3O2S/c1-3-12(2)20-18(23)16-10-24-11-21(16)17(22)8-13-9-19-15-7-5-4-6-14(13)15/h4-7,9,12,16,19H,3,8,10-11H2,1-2H3,(H,20,23). The van der Waals surface area contributed by atoms with Crippen LogP contribution in [-0.4, -0.2) is 45.4 Å². The Hall–Kier alpha value is -1.95. The Balaban J connectivity index is 1.70. The van der Waals surface area contributed by atoms with Crippen molar-refractivity contribution in [1.82, 2.24) is 15.2 Å². The molecule has 0 saturated carbocycles. The fraction of sp³-hybridized carbons (Fsp3) is 0.444. The number of aromatic nitrogens is 1. The number of amides is 2. The van der Waals surface area contributed by atoms with Crippen molar-refractivity contribution in [2.24, 2.45) is 0 Å². The average Bonchev–Trinajstić information content (AvgIpc) is 3.22. The first-order valence-electron chi connectivity index (χ1n) is 8.32. The van der Waals surface area contributed by atoms with Crippen molar-refractivity contribution in [2.75, 3.05) is 11.6 Å². The summed E-state index contributed by atoms with van der Waals surface area (Å²) < 4.78 is 0. The smallest absolute Gasteiger partial charge is 0.243 e. The van der Waals surface area contributed by atoms with E-state index >= 15 is 0 Å². The third-order valence-corrected chi connectivity index (χ3v) is 5.54. The molecule has 1 aliphatic rings. The third kappa shape index (κ3) is 3.43. The monoisotopic (exact) mass is 345 g/mol. The summed E-state index contributed by atoms with van der Waals surface area (Å²) in [5, 5.41) is 4.06. The lowest BCUT2D eigenvalue weighted by Gasteiger charge is -2.24. The number of hydrogen-bond donors (Lipinski definition) is 2. The van der Waals surface area contributed by atoms with E-state index in [9.17, 15) is 9.59 Å². The van der Waals surface area contributed by atoms with Crippen LogP contribution in [-0.2, 0) is 16.0 Å². The van der Waals surface area contributed by atoms with E-state index in [1.165, 1.54) is 0 Å². The van der Waals surface area contributed by atoms with Gasteiger partial charge in [0.2, 0.25) is 11.8 Å². The molecule has 2 unspecified atom stereocenters. The van der Waals surface area contributed by atoms with E-state index in [4.69, 9.17) is 0 Å². The second kappa shape index (κ2) is 7.30. The minimum atomic E-state index is -0.360. The Labute approximate surface area is 146 Å². The zero-order valence-corrected chi connectivity index (χ0v) is 14.9. The maximum atomic E-state index is 12.7. The SMILES string of the molecule is CCC(C)NC(=O)C1CSCN1C(=O)Cc1c[nH]c2ccccc12. The van der Waals surface area contributed by atoms with Crippen molar-refractivity contribution >= 4 is 34.5 Å². The summed E-state index contributed by atoms with van der Waals surface area (Å²) in [5.74, 6) is 1.22. The zero-order chi connectivity index (χ0) is 17.1. The van der Waals surface area contributed by atoms with Crippen LogP contribution < -0.4 is 5.32 Å². The maximum absolute atomic E-state index is 12.7. The van der Waals surface area contributed by atoms with Crippen LogP contribution in [0.4, 0.5) is 0 Å². The molecule has 128 valence electrons. The van der Waals surface area contributed by atoms with Gasteiger partial charge in [-0.2, -0.15) is 0 Å². The molecule has 0 spiro atoms. The average molecular weight is 345 g/mol. The first-order valence-corrected chi connectivity index (χ1v) is 9.48. The van der Waals surface area contributed by atoms with Gasteiger partial charge in [0.05, 0.1) is 12.3 Å². The lowest BCUT2D eigenvalue weighted by Crippen LogP contribution is -2.49. The summed E-state index contributed by atoms with van der Waals surface area (Å²) in [6, 6.07) is 7.72. The first-order chi connectivity index (χ1) is 11.6. The number of benzene rings is 1. The molecule has 24 heavy (non-hydrogen) atoms. The molecule has 6 heteroatoms. The highest BCUT2D eigenvalue weighted by Crippen LogP contribution is 2.24. The van der Waals surface area contributed by atoms with Crippen molar-refractivity contribution in [2.45, 2.75) is 38.8 Å². The highest BCUT2D eigenvalue weighted by Gasteiger charge is 2.34. The predicted molar refractivity (Wildman–Crippen MR) is 97.9 cm³/mol. The van der Waals surface area contributed by atoms with E-state index in [0.29, 0.717) is 18.1 Å². The molecule has 1 fully saturated rings. The van der Waals surface area contributed by atoms with Crippen LogP contribution in [0, 0.1) is 0 Å². The minimum Gasteiger partial charge on any atom is -0.361 e. The van der Waals surface area contributed by atoms with Gasteiger partial charge in [-0.15, -0.1) is 11.8 Å². The van der Waals surface area contributed by atoms with Crippen molar-refractivity contribution in [3.8, 4) is 0 Å². The number of carbonyl (C=O) groups excluding carboxylic acids is 2. The Morgan fingerprint density at radius 3 is 3.00 bits per heavy atom. The lowest BCUT2D eigenvalue weighted by atomic mass is 10.1. The minimum absolute atomic E-state index is 0.00838. The van der Waals surface area contributed by atoms with Crippen molar-refractivity contribution in [3.63, 3.8) is 0 Å². The van der Waals surface area contributed by atoms with Gasteiger partial charge in [-0.05, 0) is 25.0 Å². The quantitative estimate of drug-likeness (QED) is 0.875. The van der Waals surface area contributed by atoms with E-state index < -0.39 is 0 Å². The van der Waals surface area contributed by atoms with Crippen LogP contribution in [0.25, 0.3) is 10.9 Å². The van der Waals surface area contributed by atoms with Crippen LogP contribution in [0.15, 0.2) is 30.5 Å². The number of nitrogens with one attached hydrogen (secondary N) is 2. The molecule has 2 aromatic rings. The number of hydrogen-bond acceptors (Lipinski definition) is 3. The van der Waals surface area contributed by atoms with E-state index in [1.54, 1.807) is 16.7 Å². The van der Waals surface area contributed by atoms with Gasteiger partial charge in [0.15, 0.2) is 0 Å². The number of nitrogens with zero attached hydrogens (tertiary/aromatic N) is 1. The number of carbonyl (C=O) groups is 2. The molecule has 0 radical (unpaired) electrons. The van der Waals surface area contributed by atoms with E-state index in [2.05, 4.69) is 10.3 Å². The van der Waals surface area contributed by atoms with Gasteiger partial charge in [0, 0.05) is 28.9 Å². The number of aromatic amines is 1. The maximum Gasteiger partial charge on any atom is 0.243 e. The van der Waals surface area contributed by atoms with Gasteiger partial charge in [-0.1, -0.05) is 25.1 Å². The van der Waals surface area contributed by atoms with Crippen LogP contribution >= 0.6 is 11.8 Å². The summed E-state index contributed by atoms with van der Waals surface area (Å²) in [5.41, 5.74) is 2.01. The molecule has 0 bridgehead atoms. The van der Waals surface area contributed by atoms with E-state index in [-0.39, 0.29) is 23.9 Å². The normalized spacial score (nSPS) is 18.8. The summed E-state index contributed by atoms with van der Waals surface area (Å²) in [7, 11) is 0. The highest BCUT2D eigenvalue weighted by molar-refractivity contribution is 7.99. The van der Waals surface area contributed by atoms with E-state index in [1.807, 2.05) is 44.3 Å². The van der Waals surface area contributed by atoms with Gasteiger partial charge in [0.25, 0.3) is 0 Å². The molecular formula is C18H23N3O2S. The highest BCUT2D eigenvalue weighted by atomic mass is 32.2. The van der Waals surface area contributed by atoms with Gasteiger partial charge in [0.1, 0.15) is 6.04 Å². The molecule has 0 aliphatic carbocycles. The zero-order valence-electron chi connectivity index (χ0n) is 14.0. The van der Waals surface area contributed by atoms with Gasteiger partial charge in [-0.3, -0.25) is 9.59 Å². The summed E-state index contributed by atoms with van der Waals surface area (Å²) in [6.45, 7) is 4.02. The molecule has 1 saturated heterocycles. The molecule has 2 N–H and O–H groups in total. The number of thioether (sulfide) groups is 1. The molecular weight excluding hydrogens is 322 g/mol. The second-order valence-corrected chi connectivity index (χ2v) is 7.23. The van der Waals surface area contributed by atoms with Crippen molar-refractivity contribution < 1.29 is 9.59 Å². The van der Waals surface area contributed by atoms with Crippen molar-refractivity contribution in [3.05, 3.63) is 36.0 Å². The fourth-order valence-corrected chi connectivity index (χ4v) is 4.07. The summed E-state index contributed by atoms with van der Waals surface area (Å²) in [6.07, 6.45) is 3.09. The van der Waals surface area contributed by atoms with Crippen LogP contribution in [0.2, 0.25) is 0 Å². The van der Waals surface area contributed by atoms with E-state index in [0.717, 1.165) is 22.9 Å². The second-order valence-electron chi connectivity index (χ2n) is 6.23. The third-order valence-electron chi connectivity index (χ3n) is 4.52. The first kappa shape index (κ1) is 16.9. The number of para-hydroxylation sites is 1. The molecule has 3 rings (SSSR count). The molecule has 2 atom stereocenters. The van der Waals surface area contributed by atoms with Crippen LogP contribution in [0.5, 0.6) is 0 Å². The lowest BCUT2D eigenvalue weighted by molar-refractivity contribution is -0.137. The summed E-state index contributed by atoms with van der Waals surface area (Å²) in [4.78, 5) is 30.1. The van der Waals surface area contributed by atoms with Gasteiger partial charge in [-0.25, -0.2) is 0 Å². The largest absolute Gasteiger partial charge is 0.361 e. The van der Waals surface area contributed by atoms with Crippen LogP contribution in [0.3, 0.4) is 0 Å². The predicted octanol–water partition coefficient (Wildman–Crippen LogP) is 2.53. The Kier molecular flexibility index (Phi) is 5.14. The molecule has 1 aromatic carbocycles. The molecule has 5 nitrogen and oxygen atoms in total. The molecule has 1 aliphatic heterocycles. The van der Waals surface area contributed by atoms with Crippen molar-refractivity contribution in [1.29, 1.82) is 0 Å². The molecule has 2 heterocycles. The fourth-order valence-electron chi connectivity index (χ4n) is 2.89. The van der Waals surface area contributed by atoms with Gasteiger partial charge >= 0.3 is 0 Å². The molecule has 1 aromatic heterocycles.